The van der Waals surface area contributed by atoms with Gasteiger partial charge in [-0.3, -0.25) is 4.79 Å². The van der Waals surface area contributed by atoms with Crippen molar-refractivity contribution in [1.29, 1.82) is 0 Å². The summed E-state index contributed by atoms with van der Waals surface area (Å²) in [6.45, 7) is 7.03. The summed E-state index contributed by atoms with van der Waals surface area (Å²) in [6.07, 6.45) is 9.79. The van der Waals surface area contributed by atoms with Gasteiger partial charge in [-0.1, -0.05) is 46.0 Å². The number of hydrogen-bond donors (Lipinski definition) is 2. The first-order valence-electron chi connectivity index (χ1n) is 7.59. The van der Waals surface area contributed by atoms with Crippen LogP contribution in [0, 0.1) is 0 Å². The maximum Gasteiger partial charge on any atom is 0.220 e. The van der Waals surface area contributed by atoms with E-state index in [0.29, 0.717) is 13.0 Å². The van der Waals surface area contributed by atoms with Gasteiger partial charge in [-0.2, -0.15) is 0 Å². The van der Waals surface area contributed by atoms with Crippen LogP contribution in [0.15, 0.2) is 0 Å². The van der Waals surface area contributed by atoms with Crippen LogP contribution < -0.4 is 11.1 Å². The average molecular weight is 256 g/mol. The molecule has 0 spiro atoms. The fourth-order valence-corrected chi connectivity index (χ4v) is 2.11. The molecule has 3 N–H and O–H groups in total. The first-order chi connectivity index (χ1) is 8.58. The van der Waals surface area contributed by atoms with E-state index in [-0.39, 0.29) is 11.4 Å². The van der Waals surface area contributed by atoms with Crippen LogP contribution in [0.3, 0.4) is 0 Å². The lowest BCUT2D eigenvalue weighted by Crippen LogP contribution is -2.46. The molecule has 0 saturated heterocycles. The van der Waals surface area contributed by atoms with E-state index >= 15 is 0 Å². The molecule has 0 saturated carbocycles. The second-order valence-corrected chi connectivity index (χ2v) is 5.52. The number of amides is 1. The molecule has 1 atom stereocenters. The minimum atomic E-state index is -0.117. The summed E-state index contributed by atoms with van der Waals surface area (Å²) in [7, 11) is 0. The second kappa shape index (κ2) is 10.4. The highest BCUT2D eigenvalue weighted by molar-refractivity contribution is 5.76. The molecule has 3 heteroatoms. The molecule has 1 amide bonds. The van der Waals surface area contributed by atoms with Gasteiger partial charge in [0.05, 0.1) is 0 Å². The maximum atomic E-state index is 11.8. The Balaban J connectivity index is 3.69. The van der Waals surface area contributed by atoms with Gasteiger partial charge in [0, 0.05) is 12.0 Å². The summed E-state index contributed by atoms with van der Waals surface area (Å²) in [5, 5.41) is 3.13. The predicted octanol–water partition coefficient (Wildman–Crippen LogP) is 3.37. The largest absolute Gasteiger partial charge is 0.351 e. The molecule has 0 aromatic rings. The Hall–Kier alpha value is -0.570. The molecule has 108 valence electrons. The highest BCUT2D eigenvalue weighted by atomic mass is 16.1. The lowest BCUT2D eigenvalue weighted by molar-refractivity contribution is -0.123. The molecule has 0 radical (unpaired) electrons. The third kappa shape index (κ3) is 8.51. The normalized spacial score (nSPS) is 14.2. The Morgan fingerprint density at radius 1 is 1.11 bits per heavy atom. The first kappa shape index (κ1) is 17.4. The van der Waals surface area contributed by atoms with Crippen molar-refractivity contribution >= 4 is 5.91 Å². The molecule has 0 aliphatic rings. The summed E-state index contributed by atoms with van der Waals surface area (Å²) >= 11 is 0. The lowest BCUT2D eigenvalue weighted by Gasteiger charge is -2.29. The van der Waals surface area contributed by atoms with Crippen LogP contribution in [-0.2, 0) is 4.79 Å². The summed E-state index contributed by atoms with van der Waals surface area (Å²) in [5.74, 6) is 0.184. The van der Waals surface area contributed by atoms with E-state index in [1.165, 1.54) is 32.1 Å². The molecule has 1 unspecified atom stereocenters. The maximum absolute atomic E-state index is 11.8. The van der Waals surface area contributed by atoms with E-state index in [1.807, 2.05) is 0 Å². The van der Waals surface area contributed by atoms with Crippen molar-refractivity contribution in [2.24, 2.45) is 5.73 Å². The lowest BCUT2D eigenvalue weighted by atomic mass is 9.94. The van der Waals surface area contributed by atoms with E-state index in [1.54, 1.807) is 0 Å². The van der Waals surface area contributed by atoms with Crippen LogP contribution >= 0.6 is 0 Å². The number of carbonyl (C=O) groups excluding carboxylic acids is 1. The fourth-order valence-electron chi connectivity index (χ4n) is 2.11. The van der Waals surface area contributed by atoms with E-state index in [2.05, 4.69) is 26.1 Å². The third-order valence-corrected chi connectivity index (χ3v) is 3.68. The van der Waals surface area contributed by atoms with Crippen molar-refractivity contribution in [2.45, 2.75) is 84.1 Å². The second-order valence-electron chi connectivity index (χ2n) is 5.52. The van der Waals surface area contributed by atoms with E-state index in [4.69, 9.17) is 5.73 Å². The molecule has 18 heavy (non-hydrogen) atoms. The van der Waals surface area contributed by atoms with Crippen molar-refractivity contribution in [3.05, 3.63) is 0 Å². The zero-order valence-corrected chi connectivity index (χ0v) is 12.6. The van der Waals surface area contributed by atoms with Gasteiger partial charge in [0.2, 0.25) is 5.91 Å². The zero-order valence-electron chi connectivity index (χ0n) is 12.6. The van der Waals surface area contributed by atoms with Crippen molar-refractivity contribution in [3.8, 4) is 0 Å². The van der Waals surface area contributed by atoms with Crippen molar-refractivity contribution < 1.29 is 4.79 Å². The molecular formula is C15H32N2O. The molecule has 3 nitrogen and oxygen atoms in total. The van der Waals surface area contributed by atoms with Crippen LogP contribution in [0.4, 0.5) is 0 Å². The van der Waals surface area contributed by atoms with Crippen molar-refractivity contribution in [3.63, 3.8) is 0 Å². The monoisotopic (exact) mass is 256 g/mol. The number of nitrogens with one attached hydrogen (secondary N) is 1. The molecule has 0 heterocycles. The van der Waals surface area contributed by atoms with Gasteiger partial charge in [0.25, 0.3) is 0 Å². The Morgan fingerprint density at radius 3 is 2.28 bits per heavy atom. The van der Waals surface area contributed by atoms with Crippen LogP contribution in [0.25, 0.3) is 0 Å². The average Bonchev–Trinajstić information content (AvgIpc) is 2.34. The molecule has 0 aliphatic heterocycles. The number of hydrogen-bond acceptors (Lipinski definition) is 2. The summed E-state index contributed by atoms with van der Waals surface area (Å²) in [5.41, 5.74) is 5.47. The number of unbranched alkanes of at least 4 members (excludes halogenated alkanes) is 5. The summed E-state index contributed by atoms with van der Waals surface area (Å²) in [6, 6.07) is 0. The standard InChI is InChI=1S/C15H32N2O/c1-4-6-7-8-9-10-11-14(18)17-15(3,5-2)12-13-16/h4-13,16H2,1-3H3,(H,17,18). The summed E-state index contributed by atoms with van der Waals surface area (Å²) in [4.78, 5) is 11.8. The molecule has 0 rings (SSSR count). The molecule has 0 aromatic heterocycles. The van der Waals surface area contributed by atoms with Gasteiger partial charge >= 0.3 is 0 Å². The SMILES string of the molecule is CCCCCCCCC(=O)NC(C)(CC)CCN. The van der Waals surface area contributed by atoms with Gasteiger partial charge in [-0.15, -0.1) is 0 Å². The van der Waals surface area contributed by atoms with E-state index < -0.39 is 0 Å². The number of nitrogens with two attached hydrogens (primary N) is 1. The predicted molar refractivity (Wildman–Crippen MR) is 78.5 cm³/mol. The molecule has 0 fully saturated rings. The van der Waals surface area contributed by atoms with Crippen LogP contribution in [-0.4, -0.2) is 18.0 Å². The first-order valence-corrected chi connectivity index (χ1v) is 7.59. The van der Waals surface area contributed by atoms with Crippen LogP contribution in [0.1, 0.15) is 78.6 Å². The van der Waals surface area contributed by atoms with Crippen molar-refractivity contribution in [1.82, 2.24) is 5.32 Å². The topological polar surface area (TPSA) is 55.1 Å². The van der Waals surface area contributed by atoms with Gasteiger partial charge in [-0.05, 0) is 32.7 Å². The quantitative estimate of drug-likeness (QED) is 0.557. The molecule has 0 bridgehead atoms. The minimum Gasteiger partial charge on any atom is -0.351 e. The summed E-state index contributed by atoms with van der Waals surface area (Å²) < 4.78 is 0. The Morgan fingerprint density at radius 2 is 1.72 bits per heavy atom. The highest BCUT2D eigenvalue weighted by Gasteiger charge is 2.22. The van der Waals surface area contributed by atoms with Gasteiger partial charge in [-0.25, -0.2) is 0 Å². The molecule has 0 aliphatic carbocycles. The molecule has 0 aromatic carbocycles. The molecular weight excluding hydrogens is 224 g/mol. The van der Waals surface area contributed by atoms with Crippen LogP contribution in [0.2, 0.25) is 0 Å². The van der Waals surface area contributed by atoms with Crippen molar-refractivity contribution in [2.75, 3.05) is 6.54 Å². The van der Waals surface area contributed by atoms with Crippen LogP contribution in [0.5, 0.6) is 0 Å². The van der Waals surface area contributed by atoms with Gasteiger partial charge < -0.3 is 11.1 Å². The fraction of sp³-hybridized carbons (Fsp3) is 0.933. The third-order valence-electron chi connectivity index (χ3n) is 3.68. The van der Waals surface area contributed by atoms with E-state index in [9.17, 15) is 4.79 Å². The Kier molecular flexibility index (Phi) is 10.0. The number of carbonyl (C=O) groups is 1. The Labute approximate surface area is 113 Å². The van der Waals surface area contributed by atoms with Gasteiger partial charge in [0.1, 0.15) is 0 Å². The smallest absolute Gasteiger partial charge is 0.220 e. The highest BCUT2D eigenvalue weighted by Crippen LogP contribution is 2.14. The number of rotatable bonds is 11. The van der Waals surface area contributed by atoms with Gasteiger partial charge in [0.15, 0.2) is 0 Å². The van der Waals surface area contributed by atoms with E-state index in [0.717, 1.165) is 19.3 Å². The minimum absolute atomic E-state index is 0.117. The zero-order chi connectivity index (χ0) is 13.9. The Bertz CT molecular complexity index is 219.